The van der Waals surface area contributed by atoms with Crippen molar-refractivity contribution in [3.63, 3.8) is 0 Å². The van der Waals surface area contributed by atoms with Crippen LogP contribution in [0.4, 0.5) is 0 Å². The summed E-state index contributed by atoms with van der Waals surface area (Å²) in [6.07, 6.45) is 2.16. The maximum Gasteiger partial charge on any atom is 0.164 e. The van der Waals surface area contributed by atoms with E-state index in [0.717, 1.165) is 10.9 Å². The van der Waals surface area contributed by atoms with Gasteiger partial charge in [0.05, 0.1) is 10.5 Å². The molecule has 4 heteroatoms. The van der Waals surface area contributed by atoms with Crippen LogP contribution in [0.25, 0.3) is 10.9 Å². The third-order valence-electron chi connectivity index (χ3n) is 2.64. The Morgan fingerprint density at radius 3 is 2.94 bits per heavy atom. The van der Waals surface area contributed by atoms with Crippen molar-refractivity contribution in [3.8, 4) is 0 Å². The smallest absolute Gasteiger partial charge is 0.164 e. The lowest BCUT2D eigenvalue weighted by atomic mass is 10.0. The molecule has 0 radical (unpaired) electrons. The van der Waals surface area contributed by atoms with Crippen molar-refractivity contribution in [1.29, 1.82) is 0 Å². The number of carbonyl (C=O) groups excluding carboxylic acids is 1. The quantitative estimate of drug-likeness (QED) is 0.832. The molecule has 0 aliphatic carbocycles. The highest BCUT2D eigenvalue weighted by molar-refractivity contribution is 6.37. The number of nitrogens with zero attached hydrogens (tertiary/aromatic N) is 1. The Morgan fingerprint density at radius 2 is 2.25 bits per heavy atom. The van der Waals surface area contributed by atoms with E-state index < -0.39 is 0 Å². The van der Waals surface area contributed by atoms with Gasteiger partial charge < -0.3 is 10.3 Å². The molecule has 0 saturated heterocycles. The Hall–Kier alpha value is -1.32. The maximum atomic E-state index is 11.9. The number of rotatable bonds is 3. The van der Waals surface area contributed by atoms with Gasteiger partial charge >= 0.3 is 0 Å². The molecule has 0 amide bonds. The van der Waals surface area contributed by atoms with Crippen molar-refractivity contribution in [2.75, 3.05) is 6.54 Å². The summed E-state index contributed by atoms with van der Waals surface area (Å²) in [7, 11) is 1.91. The molecule has 0 saturated carbocycles. The molecule has 1 heterocycles. The molecule has 0 spiro atoms. The second kappa shape index (κ2) is 4.28. The summed E-state index contributed by atoms with van der Waals surface area (Å²) in [5.74, 6) is 0.0428. The van der Waals surface area contributed by atoms with Gasteiger partial charge in [0.2, 0.25) is 0 Å². The number of ketones is 1. The average Bonchev–Trinajstić information content (AvgIpc) is 2.55. The van der Waals surface area contributed by atoms with Gasteiger partial charge in [-0.15, -0.1) is 0 Å². The van der Waals surface area contributed by atoms with E-state index in [4.69, 9.17) is 17.3 Å². The minimum atomic E-state index is 0.0428. The molecule has 2 N–H and O–H groups in total. The van der Waals surface area contributed by atoms with Crippen molar-refractivity contribution in [2.24, 2.45) is 12.8 Å². The van der Waals surface area contributed by atoms with Crippen LogP contribution in [0.1, 0.15) is 16.8 Å². The van der Waals surface area contributed by atoms with Crippen molar-refractivity contribution >= 4 is 28.3 Å². The minimum absolute atomic E-state index is 0.0428. The molecule has 0 aliphatic heterocycles. The van der Waals surface area contributed by atoms with Crippen LogP contribution in [0.3, 0.4) is 0 Å². The fourth-order valence-electron chi connectivity index (χ4n) is 1.89. The molecule has 1 aromatic carbocycles. The van der Waals surface area contributed by atoms with Gasteiger partial charge in [0.25, 0.3) is 0 Å². The van der Waals surface area contributed by atoms with E-state index in [-0.39, 0.29) is 5.78 Å². The van der Waals surface area contributed by atoms with Crippen LogP contribution in [0.2, 0.25) is 5.02 Å². The molecular formula is C12H13ClN2O. The number of carbonyl (C=O) groups is 1. The standard InChI is InChI=1S/C12H13ClN2O/c1-15-7-9(13)12-8(11(16)5-6-14)3-2-4-10(12)15/h2-4,7H,5-6,14H2,1H3. The third-order valence-corrected chi connectivity index (χ3v) is 2.93. The van der Waals surface area contributed by atoms with E-state index in [9.17, 15) is 4.79 Å². The summed E-state index contributed by atoms with van der Waals surface area (Å²) in [6.45, 7) is 0.361. The van der Waals surface area contributed by atoms with E-state index in [0.29, 0.717) is 23.6 Å². The van der Waals surface area contributed by atoms with Crippen LogP contribution >= 0.6 is 11.6 Å². The molecule has 0 atom stereocenters. The Morgan fingerprint density at radius 1 is 1.50 bits per heavy atom. The Labute approximate surface area is 98.8 Å². The number of aryl methyl sites for hydroxylation is 1. The lowest BCUT2D eigenvalue weighted by molar-refractivity contribution is 0.0987. The first kappa shape index (κ1) is 11.2. The Kier molecular flexibility index (Phi) is 2.99. The predicted octanol–water partition coefficient (Wildman–Crippen LogP) is 2.36. The topological polar surface area (TPSA) is 48.0 Å². The van der Waals surface area contributed by atoms with Gasteiger partial charge in [-0.1, -0.05) is 23.7 Å². The fraction of sp³-hybridized carbons (Fsp3) is 0.250. The summed E-state index contributed by atoms with van der Waals surface area (Å²) in [5, 5.41) is 1.43. The first-order valence-corrected chi connectivity index (χ1v) is 5.49. The second-order valence-corrected chi connectivity index (χ2v) is 4.16. The summed E-state index contributed by atoms with van der Waals surface area (Å²) in [4.78, 5) is 11.9. The van der Waals surface area contributed by atoms with Gasteiger partial charge in [-0.05, 0) is 12.6 Å². The predicted molar refractivity (Wildman–Crippen MR) is 65.9 cm³/mol. The van der Waals surface area contributed by atoms with Crippen molar-refractivity contribution in [3.05, 3.63) is 35.0 Å². The number of hydrogen-bond acceptors (Lipinski definition) is 2. The molecule has 2 aromatic rings. The number of hydrogen-bond donors (Lipinski definition) is 1. The normalized spacial score (nSPS) is 10.9. The van der Waals surface area contributed by atoms with Gasteiger partial charge in [-0.2, -0.15) is 0 Å². The lowest BCUT2D eigenvalue weighted by Crippen LogP contribution is -2.08. The van der Waals surface area contributed by atoms with E-state index in [1.807, 2.05) is 29.9 Å². The van der Waals surface area contributed by atoms with E-state index >= 15 is 0 Å². The highest BCUT2D eigenvalue weighted by Crippen LogP contribution is 2.28. The number of Topliss-reactive ketones (excluding diaryl/α,β-unsaturated/α-hetero) is 1. The molecule has 3 nitrogen and oxygen atoms in total. The summed E-state index contributed by atoms with van der Waals surface area (Å²) in [6, 6.07) is 5.61. The zero-order valence-corrected chi connectivity index (χ0v) is 9.79. The molecule has 0 aliphatic rings. The molecule has 0 fully saturated rings. The highest BCUT2D eigenvalue weighted by Gasteiger charge is 2.14. The van der Waals surface area contributed by atoms with Gasteiger partial charge in [-0.3, -0.25) is 4.79 Å². The fourth-order valence-corrected chi connectivity index (χ4v) is 2.23. The van der Waals surface area contributed by atoms with Gasteiger partial charge in [-0.25, -0.2) is 0 Å². The molecule has 0 bridgehead atoms. The van der Waals surface area contributed by atoms with Crippen LogP contribution in [0.15, 0.2) is 24.4 Å². The summed E-state index contributed by atoms with van der Waals surface area (Å²) in [5.41, 5.74) is 7.02. The van der Waals surface area contributed by atoms with E-state index in [1.165, 1.54) is 0 Å². The van der Waals surface area contributed by atoms with Crippen molar-refractivity contribution in [2.45, 2.75) is 6.42 Å². The maximum absolute atomic E-state index is 11.9. The second-order valence-electron chi connectivity index (χ2n) is 3.75. The van der Waals surface area contributed by atoms with Gasteiger partial charge in [0.15, 0.2) is 5.78 Å². The molecule has 84 valence electrons. The van der Waals surface area contributed by atoms with E-state index in [1.54, 1.807) is 6.07 Å². The van der Waals surface area contributed by atoms with Crippen LogP contribution in [-0.2, 0) is 7.05 Å². The zero-order valence-electron chi connectivity index (χ0n) is 9.03. The molecule has 1 aromatic heterocycles. The first-order valence-electron chi connectivity index (χ1n) is 5.12. The van der Waals surface area contributed by atoms with Crippen LogP contribution in [-0.4, -0.2) is 16.9 Å². The minimum Gasteiger partial charge on any atom is -0.349 e. The molecule has 16 heavy (non-hydrogen) atoms. The van der Waals surface area contributed by atoms with Crippen LogP contribution in [0, 0.1) is 0 Å². The zero-order chi connectivity index (χ0) is 11.7. The molecule has 0 unspecified atom stereocenters. The van der Waals surface area contributed by atoms with E-state index in [2.05, 4.69) is 0 Å². The number of halogens is 1. The van der Waals surface area contributed by atoms with Gasteiger partial charge in [0.1, 0.15) is 0 Å². The SMILES string of the molecule is Cn1cc(Cl)c2c(C(=O)CCN)cccc21. The Balaban J connectivity index is 2.66. The Bertz CT molecular complexity index is 545. The number of aromatic nitrogens is 1. The van der Waals surface area contributed by atoms with Crippen LogP contribution < -0.4 is 5.73 Å². The largest absolute Gasteiger partial charge is 0.349 e. The van der Waals surface area contributed by atoms with Crippen molar-refractivity contribution in [1.82, 2.24) is 4.57 Å². The average molecular weight is 237 g/mol. The first-order chi connectivity index (χ1) is 7.65. The van der Waals surface area contributed by atoms with Crippen LogP contribution in [0.5, 0.6) is 0 Å². The monoisotopic (exact) mass is 236 g/mol. The molecule has 2 rings (SSSR count). The highest BCUT2D eigenvalue weighted by atomic mass is 35.5. The third kappa shape index (κ3) is 1.72. The summed E-state index contributed by atoms with van der Waals surface area (Å²) >= 11 is 6.12. The van der Waals surface area contributed by atoms with Gasteiger partial charge in [0, 0.05) is 30.6 Å². The number of nitrogens with two attached hydrogens (primary N) is 1. The lowest BCUT2D eigenvalue weighted by Gasteiger charge is -2.02. The van der Waals surface area contributed by atoms with Crippen molar-refractivity contribution < 1.29 is 4.79 Å². The number of benzene rings is 1. The summed E-state index contributed by atoms with van der Waals surface area (Å²) < 4.78 is 1.91. The number of fused-ring (bicyclic) bond motifs is 1. The molecular weight excluding hydrogens is 224 g/mol.